The minimum atomic E-state index is -1.17. The van der Waals surface area contributed by atoms with Crippen molar-refractivity contribution in [2.45, 2.75) is 49.8 Å². The van der Waals surface area contributed by atoms with Crippen LogP contribution in [0.5, 0.6) is 5.75 Å². The van der Waals surface area contributed by atoms with Crippen LogP contribution in [-0.4, -0.2) is 33.1 Å². The van der Waals surface area contributed by atoms with E-state index >= 15 is 0 Å². The van der Waals surface area contributed by atoms with E-state index in [0.717, 1.165) is 23.1 Å². The van der Waals surface area contributed by atoms with Gasteiger partial charge >= 0.3 is 0 Å². The Morgan fingerprint density at radius 2 is 1.97 bits per heavy atom. The van der Waals surface area contributed by atoms with Gasteiger partial charge in [-0.05, 0) is 72.1 Å². The molecule has 0 radical (unpaired) electrons. The van der Waals surface area contributed by atoms with Crippen LogP contribution in [0.25, 0.3) is 0 Å². The molecule has 0 fully saturated rings. The van der Waals surface area contributed by atoms with Crippen LogP contribution in [0.2, 0.25) is 5.02 Å². The predicted octanol–water partition coefficient (Wildman–Crippen LogP) is 6.29. The predicted molar refractivity (Wildman–Crippen MR) is 147 cm³/mol. The minimum absolute atomic E-state index is 0.0221. The van der Waals surface area contributed by atoms with Crippen molar-refractivity contribution in [1.82, 2.24) is 15.3 Å². The number of benzene rings is 2. The fourth-order valence-corrected chi connectivity index (χ4v) is 6.53. The second-order valence-corrected chi connectivity index (χ2v) is 12.3. The molecule has 1 aromatic heterocycles. The van der Waals surface area contributed by atoms with Crippen molar-refractivity contribution in [2.24, 2.45) is 0 Å². The molecule has 1 unspecified atom stereocenters. The topological polar surface area (TPSA) is 88.2 Å². The Hall–Kier alpha value is -2.20. The summed E-state index contributed by atoms with van der Waals surface area (Å²) in [5, 5.41) is 10.4. The van der Waals surface area contributed by atoms with Crippen molar-refractivity contribution in [3.05, 3.63) is 57.2 Å². The molecule has 2 aromatic carbocycles. The Balaban J connectivity index is 1.69. The third-order valence-corrected chi connectivity index (χ3v) is 8.55. The van der Waals surface area contributed by atoms with Crippen molar-refractivity contribution >= 4 is 61.5 Å². The molecule has 35 heavy (non-hydrogen) atoms. The van der Waals surface area contributed by atoms with Crippen LogP contribution in [0.1, 0.15) is 38.8 Å². The first-order chi connectivity index (χ1) is 16.6. The molecule has 0 bridgehead atoms. The van der Waals surface area contributed by atoms with Crippen molar-refractivity contribution in [3.8, 4) is 5.75 Å². The molecule has 0 aliphatic carbocycles. The number of hydrogen-bond acceptors (Lipinski definition) is 7. The highest BCUT2D eigenvalue weighted by atomic mass is 79.9. The summed E-state index contributed by atoms with van der Waals surface area (Å²) in [6, 6.07) is 9.54. The van der Waals surface area contributed by atoms with Gasteiger partial charge in [-0.2, -0.15) is 4.98 Å². The summed E-state index contributed by atoms with van der Waals surface area (Å²) >= 11 is 10.2. The largest absolute Gasteiger partial charge is 0.493 e. The number of hydrogen-bond donors (Lipinski definition) is 3. The van der Waals surface area contributed by atoms with Gasteiger partial charge in [0.05, 0.1) is 44.8 Å². The summed E-state index contributed by atoms with van der Waals surface area (Å²) in [5.74, 6) is 1.45. The van der Waals surface area contributed by atoms with Crippen LogP contribution in [0.3, 0.4) is 0 Å². The Morgan fingerprint density at radius 1 is 1.23 bits per heavy atom. The van der Waals surface area contributed by atoms with Gasteiger partial charge in [-0.15, -0.1) is 0 Å². The van der Waals surface area contributed by atoms with E-state index in [0.29, 0.717) is 33.1 Å². The van der Waals surface area contributed by atoms with Crippen LogP contribution >= 0.6 is 27.5 Å². The first-order valence-corrected chi connectivity index (χ1v) is 13.7. The van der Waals surface area contributed by atoms with E-state index in [1.807, 2.05) is 38.1 Å². The molecular weight excluding hydrogens is 550 g/mol. The first-order valence-electron chi connectivity index (χ1n) is 11.3. The molecule has 0 saturated carbocycles. The number of ether oxygens (including phenoxy) is 1. The quantitative estimate of drug-likeness (QED) is 0.304. The van der Waals surface area contributed by atoms with Crippen LogP contribution in [0.4, 0.5) is 23.1 Å². The number of para-hydroxylation sites is 1. The molecule has 2 heterocycles. The number of rotatable bonds is 7. The first kappa shape index (κ1) is 25.9. The van der Waals surface area contributed by atoms with E-state index in [2.05, 4.69) is 61.8 Å². The maximum Gasteiger partial charge on any atom is 0.229 e. The Kier molecular flexibility index (Phi) is 7.71. The van der Waals surface area contributed by atoms with Gasteiger partial charge in [0.15, 0.2) is 11.6 Å². The summed E-state index contributed by atoms with van der Waals surface area (Å²) < 4.78 is 19.4. The molecule has 1 atom stereocenters. The summed E-state index contributed by atoms with van der Waals surface area (Å²) in [7, 11) is 0.471. The Bertz CT molecular complexity index is 1280. The van der Waals surface area contributed by atoms with Crippen molar-refractivity contribution in [1.29, 1.82) is 0 Å². The second kappa shape index (κ2) is 10.4. The lowest BCUT2D eigenvalue weighted by atomic mass is 9.84. The third-order valence-electron chi connectivity index (χ3n) is 5.87. The number of halogens is 2. The molecule has 7 nitrogen and oxygen atoms in total. The monoisotopic (exact) mass is 577 g/mol. The number of anilines is 4. The van der Waals surface area contributed by atoms with Gasteiger partial charge in [-0.3, -0.25) is 4.21 Å². The third kappa shape index (κ3) is 5.33. The molecule has 0 amide bonds. The highest BCUT2D eigenvalue weighted by Gasteiger charge is 2.32. The average molecular weight is 579 g/mol. The Morgan fingerprint density at radius 3 is 2.69 bits per heavy atom. The van der Waals surface area contributed by atoms with Crippen LogP contribution in [-0.2, 0) is 22.8 Å². The zero-order chi connectivity index (χ0) is 25.3. The van der Waals surface area contributed by atoms with Crippen molar-refractivity contribution in [3.63, 3.8) is 0 Å². The smallest absolute Gasteiger partial charge is 0.229 e. The highest BCUT2D eigenvalue weighted by Crippen LogP contribution is 2.45. The lowest BCUT2D eigenvalue weighted by Gasteiger charge is -2.36. The SMILES string of the molecule is COc1c(Nc2ncc(Cl)c(Nc3ccccc3S(=O)C(C)C)n2)cc2c(c1Br)C(C)(C)NCC2. The van der Waals surface area contributed by atoms with Gasteiger partial charge in [0.1, 0.15) is 5.02 Å². The van der Waals surface area contributed by atoms with Crippen LogP contribution in [0, 0.1) is 0 Å². The van der Waals surface area contributed by atoms with Crippen molar-refractivity contribution < 1.29 is 8.95 Å². The zero-order valence-corrected chi connectivity index (χ0v) is 23.5. The molecule has 3 aromatic rings. The van der Waals surface area contributed by atoms with E-state index in [1.165, 1.54) is 17.3 Å². The maximum atomic E-state index is 12.8. The van der Waals surface area contributed by atoms with Gasteiger partial charge in [-0.1, -0.05) is 37.6 Å². The lowest BCUT2D eigenvalue weighted by molar-refractivity contribution is 0.371. The standard InChI is InChI=1S/C25H29BrClN5O2S/c1-14(2)35(33)19-9-7-6-8-17(19)30-23-16(27)13-28-24(32-23)31-18-12-15-10-11-29-25(3,4)20(15)21(26)22(18)34-5/h6-9,12-14,29H,10-11H2,1-5H3,(H2,28,30,31,32). The van der Waals surface area contributed by atoms with Crippen molar-refractivity contribution in [2.75, 3.05) is 24.3 Å². The molecule has 3 N–H and O–H groups in total. The Labute approximate surface area is 222 Å². The van der Waals surface area contributed by atoms with E-state index in [-0.39, 0.29) is 10.8 Å². The second-order valence-electron chi connectivity index (χ2n) is 9.09. The zero-order valence-electron chi connectivity index (χ0n) is 20.3. The fraction of sp³-hybridized carbons (Fsp3) is 0.360. The number of nitrogens with one attached hydrogen (secondary N) is 3. The van der Waals surface area contributed by atoms with E-state index < -0.39 is 10.8 Å². The normalized spacial score (nSPS) is 15.4. The number of methoxy groups -OCH3 is 1. The van der Waals surface area contributed by atoms with Gasteiger partial charge < -0.3 is 20.7 Å². The van der Waals surface area contributed by atoms with E-state index in [9.17, 15) is 4.21 Å². The summed E-state index contributed by atoms with van der Waals surface area (Å²) in [6.45, 7) is 9.06. The molecule has 4 rings (SSSR count). The van der Waals surface area contributed by atoms with Crippen LogP contribution in [0.15, 0.2) is 45.9 Å². The van der Waals surface area contributed by atoms with Crippen LogP contribution < -0.4 is 20.7 Å². The molecule has 10 heteroatoms. The maximum absolute atomic E-state index is 12.8. The van der Waals surface area contributed by atoms with Gasteiger partial charge in [0.2, 0.25) is 5.95 Å². The van der Waals surface area contributed by atoms with E-state index in [1.54, 1.807) is 7.11 Å². The highest BCUT2D eigenvalue weighted by molar-refractivity contribution is 9.10. The van der Waals surface area contributed by atoms with E-state index in [4.69, 9.17) is 16.3 Å². The number of aromatic nitrogens is 2. The van der Waals surface area contributed by atoms with Gasteiger partial charge in [-0.25, -0.2) is 4.98 Å². The molecule has 186 valence electrons. The number of nitrogens with zero attached hydrogens (tertiary/aromatic N) is 2. The summed E-state index contributed by atoms with van der Waals surface area (Å²) in [5.41, 5.74) is 3.66. The molecular formula is C25H29BrClN5O2S. The summed E-state index contributed by atoms with van der Waals surface area (Å²) in [4.78, 5) is 9.67. The summed E-state index contributed by atoms with van der Waals surface area (Å²) in [6.07, 6.45) is 2.43. The molecule has 1 aliphatic heterocycles. The fourth-order valence-electron chi connectivity index (χ4n) is 4.21. The van der Waals surface area contributed by atoms with Gasteiger partial charge in [0.25, 0.3) is 0 Å². The van der Waals surface area contributed by atoms with Gasteiger partial charge in [0, 0.05) is 10.8 Å². The molecule has 0 saturated heterocycles. The average Bonchev–Trinajstić information content (AvgIpc) is 2.80. The molecule has 0 spiro atoms. The number of fused-ring (bicyclic) bond motifs is 1. The lowest BCUT2D eigenvalue weighted by Crippen LogP contribution is -2.42. The molecule has 1 aliphatic rings. The minimum Gasteiger partial charge on any atom is -0.493 e.